The monoisotopic (exact) mass is 381 g/mol. The Bertz CT molecular complexity index is 836. The second-order valence-corrected chi connectivity index (χ2v) is 8.73. The average Bonchev–Trinajstić information content (AvgIpc) is 3.21. The molecule has 28 heavy (non-hydrogen) atoms. The molecule has 4 amide bonds. The van der Waals surface area contributed by atoms with E-state index in [0.717, 1.165) is 48.3 Å². The van der Waals surface area contributed by atoms with Gasteiger partial charge in [0.2, 0.25) is 5.91 Å². The molecule has 0 unspecified atom stereocenters. The topological polar surface area (TPSA) is 69.7 Å². The van der Waals surface area contributed by atoms with E-state index < -0.39 is 11.6 Å². The van der Waals surface area contributed by atoms with Crippen molar-refractivity contribution in [3.8, 4) is 0 Å². The largest absolute Gasteiger partial charge is 0.338 e. The molecule has 1 aromatic carbocycles. The van der Waals surface area contributed by atoms with Crippen LogP contribution in [0.15, 0.2) is 24.3 Å². The van der Waals surface area contributed by atoms with Crippen molar-refractivity contribution in [3.63, 3.8) is 0 Å². The van der Waals surface area contributed by atoms with Crippen LogP contribution in [0.5, 0.6) is 0 Å². The number of piperidine rings is 1. The first-order chi connectivity index (χ1) is 13.6. The van der Waals surface area contributed by atoms with E-state index in [0.29, 0.717) is 12.3 Å². The zero-order valence-corrected chi connectivity index (χ0v) is 16.2. The summed E-state index contributed by atoms with van der Waals surface area (Å²) in [4.78, 5) is 42.2. The number of fused-ring (bicyclic) bond motifs is 3. The normalized spacial score (nSPS) is 31.7. The van der Waals surface area contributed by atoms with Gasteiger partial charge in [0.25, 0.3) is 5.91 Å². The van der Waals surface area contributed by atoms with Crippen molar-refractivity contribution in [3.05, 3.63) is 35.4 Å². The van der Waals surface area contributed by atoms with Crippen LogP contribution < -0.4 is 5.32 Å². The van der Waals surface area contributed by atoms with Crippen molar-refractivity contribution in [1.82, 2.24) is 15.1 Å². The van der Waals surface area contributed by atoms with Gasteiger partial charge in [-0.25, -0.2) is 4.79 Å². The highest BCUT2D eigenvalue weighted by atomic mass is 16.2. The highest BCUT2D eigenvalue weighted by molar-refractivity contribution is 6.09. The minimum atomic E-state index is -0.983. The molecule has 2 saturated heterocycles. The molecule has 0 bridgehead atoms. The smallest absolute Gasteiger partial charge is 0.325 e. The Morgan fingerprint density at radius 1 is 1.11 bits per heavy atom. The van der Waals surface area contributed by atoms with Gasteiger partial charge in [-0.15, -0.1) is 0 Å². The van der Waals surface area contributed by atoms with Crippen LogP contribution in [-0.4, -0.2) is 46.8 Å². The third-order valence-corrected chi connectivity index (χ3v) is 7.28. The summed E-state index contributed by atoms with van der Waals surface area (Å²) < 4.78 is 0. The molecular formula is C22H27N3O3. The maximum absolute atomic E-state index is 13.3. The lowest BCUT2D eigenvalue weighted by Crippen LogP contribution is -2.53. The maximum Gasteiger partial charge on any atom is 0.325 e. The van der Waals surface area contributed by atoms with Gasteiger partial charge in [0.05, 0.1) is 0 Å². The number of hydrogen-bond donors (Lipinski definition) is 1. The van der Waals surface area contributed by atoms with E-state index in [1.54, 1.807) is 0 Å². The quantitative estimate of drug-likeness (QED) is 0.801. The molecule has 148 valence electrons. The lowest BCUT2D eigenvalue weighted by molar-refractivity contribution is -0.143. The minimum absolute atomic E-state index is 0.0802. The number of likely N-dealkylation sites (tertiary alicyclic amines) is 1. The molecule has 3 atom stereocenters. The lowest BCUT2D eigenvalue weighted by atomic mass is 9.78. The molecule has 5 rings (SSSR count). The van der Waals surface area contributed by atoms with Crippen LogP contribution in [0.25, 0.3) is 0 Å². The number of hydrogen-bond acceptors (Lipinski definition) is 3. The summed E-state index contributed by atoms with van der Waals surface area (Å²) in [6.45, 7) is 0.607. The maximum atomic E-state index is 13.3. The molecule has 3 fully saturated rings. The van der Waals surface area contributed by atoms with Crippen molar-refractivity contribution >= 4 is 17.8 Å². The number of nitrogens with zero attached hydrogens (tertiary/aromatic N) is 2. The van der Waals surface area contributed by atoms with Crippen molar-refractivity contribution in [2.45, 2.75) is 62.9 Å². The molecule has 2 aliphatic heterocycles. The van der Waals surface area contributed by atoms with Gasteiger partial charge in [-0.2, -0.15) is 0 Å². The van der Waals surface area contributed by atoms with Crippen molar-refractivity contribution in [1.29, 1.82) is 0 Å². The number of urea groups is 1. The fourth-order valence-electron chi connectivity index (χ4n) is 5.89. The summed E-state index contributed by atoms with van der Waals surface area (Å²) in [5.74, 6) is 0.235. The second-order valence-electron chi connectivity index (χ2n) is 8.73. The van der Waals surface area contributed by atoms with Crippen LogP contribution in [-0.2, 0) is 21.5 Å². The first kappa shape index (κ1) is 17.7. The SMILES string of the molecule is O=C1N[C@@]2(CCc3ccccc32)C(=O)N1CC(=O)N1CCC[C@@H]2CCCC[C@@H]21. The van der Waals surface area contributed by atoms with Gasteiger partial charge in [0.1, 0.15) is 12.1 Å². The molecule has 6 heteroatoms. The van der Waals surface area contributed by atoms with Gasteiger partial charge >= 0.3 is 6.03 Å². The number of aryl methyl sites for hydroxylation is 1. The predicted molar refractivity (Wildman–Crippen MR) is 103 cm³/mol. The fraction of sp³-hybridized carbons (Fsp3) is 0.591. The fourth-order valence-corrected chi connectivity index (χ4v) is 5.89. The average molecular weight is 381 g/mol. The van der Waals surface area contributed by atoms with Crippen molar-refractivity contribution in [2.24, 2.45) is 5.92 Å². The Kier molecular flexibility index (Phi) is 4.18. The number of benzene rings is 1. The van der Waals surface area contributed by atoms with Gasteiger partial charge in [0.15, 0.2) is 0 Å². The molecule has 1 N–H and O–H groups in total. The Hall–Kier alpha value is -2.37. The van der Waals surface area contributed by atoms with Gasteiger partial charge in [-0.3, -0.25) is 14.5 Å². The summed E-state index contributed by atoms with van der Waals surface area (Å²) >= 11 is 0. The molecule has 1 spiro atoms. The standard InChI is InChI=1S/C22H27N3O3/c26-19(24-13-5-8-16-7-2-4-10-18(16)24)14-25-20(27)22(23-21(25)28)12-11-15-6-1-3-9-17(15)22/h1,3,6,9,16,18H,2,4-5,7-8,10-14H2,(H,23,28)/t16-,18-,22+/m0/s1. The summed E-state index contributed by atoms with van der Waals surface area (Å²) in [6, 6.07) is 7.63. The molecule has 1 aromatic rings. The highest BCUT2D eigenvalue weighted by Crippen LogP contribution is 2.41. The molecule has 0 aromatic heterocycles. The van der Waals surface area contributed by atoms with Gasteiger partial charge in [0, 0.05) is 12.6 Å². The van der Waals surface area contributed by atoms with E-state index in [4.69, 9.17) is 0 Å². The summed E-state index contributed by atoms with van der Waals surface area (Å²) in [7, 11) is 0. The lowest BCUT2D eigenvalue weighted by Gasteiger charge is -2.44. The van der Waals surface area contributed by atoms with E-state index in [2.05, 4.69) is 5.32 Å². The first-order valence-electron chi connectivity index (χ1n) is 10.6. The van der Waals surface area contributed by atoms with Crippen molar-refractivity contribution in [2.75, 3.05) is 13.1 Å². The molecule has 1 saturated carbocycles. The number of carbonyl (C=O) groups is 3. The summed E-state index contributed by atoms with van der Waals surface area (Å²) in [5.41, 5.74) is 1.00. The number of nitrogens with one attached hydrogen (secondary N) is 1. The van der Waals surface area contributed by atoms with E-state index in [9.17, 15) is 14.4 Å². The minimum Gasteiger partial charge on any atom is -0.338 e. The second kappa shape index (κ2) is 6.61. The van der Waals surface area contributed by atoms with Gasteiger partial charge in [-0.1, -0.05) is 37.1 Å². The van der Waals surface area contributed by atoms with Crippen molar-refractivity contribution < 1.29 is 14.4 Å². The molecule has 0 radical (unpaired) electrons. The third-order valence-electron chi connectivity index (χ3n) is 7.28. The third kappa shape index (κ3) is 2.57. The van der Waals surface area contributed by atoms with Gasteiger partial charge in [-0.05, 0) is 55.6 Å². The van der Waals surface area contributed by atoms with Crippen LogP contribution in [0.2, 0.25) is 0 Å². The molecule has 4 aliphatic rings. The van der Waals surface area contributed by atoms with Crippen LogP contribution in [0.1, 0.15) is 56.1 Å². The summed E-state index contributed by atoms with van der Waals surface area (Å²) in [5, 5.41) is 2.92. The molecule has 6 nitrogen and oxygen atoms in total. The van der Waals surface area contributed by atoms with Crippen LogP contribution in [0.4, 0.5) is 4.79 Å². The number of amides is 4. The Balaban J connectivity index is 1.35. The zero-order chi connectivity index (χ0) is 19.3. The van der Waals surface area contributed by atoms with E-state index in [-0.39, 0.29) is 24.4 Å². The highest BCUT2D eigenvalue weighted by Gasteiger charge is 2.55. The zero-order valence-electron chi connectivity index (χ0n) is 16.2. The summed E-state index contributed by atoms with van der Waals surface area (Å²) in [6.07, 6.45) is 8.19. The Labute approximate surface area is 165 Å². The van der Waals surface area contributed by atoms with Crippen LogP contribution in [0, 0.1) is 5.92 Å². The Morgan fingerprint density at radius 3 is 2.79 bits per heavy atom. The molecular weight excluding hydrogens is 354 g/mol. The first-order valence-corrected chi connectivity index (χ1v) is 10.6. The number of imide groups is 1. The number of rotatable bonds is 2. The predicted octanol–water partition coefficient (Wildman–Crippen LogP) is 2.56. The van der Waals surface area contributed by atoms with Crippen LogP contribution >= 0.6 is 0 Å². The molecule has 2 aliphatic carbocycles. The van der Waals surface area contributed by atoms with Gasteiger partial charge < -0.3 is 10.2 Å². The van der Waals surface area contributed by atoms with E-state index in [1.807, 2.05) is 29.2 Å². The van der Waals surface area contributed by atoms with E-state index in [1.165, 1.54) is 19.3 Å². The number of carbonyl (C=O) groups excluding carboxylic acids is 3. The van der Waals surface area contributed by atoms with E-state index >= 15 is 0 Å². The Morgan fingerprint density at radius 2 is 1.89 bits per heavy atom. The molecule has 2 heterocycles. The van der Waals surface area contributed by atoms with Crippen LogP contribution in [0.3, 0.4) is 0 Å².